The molecule has 0 aliphatic carbocycles. The number of hydrogen-bond acceptors (Lipinski definition) is 4. The van der Waals surface area contributed by atoms with E-state index in [1.54, 1.807) is 6.07 Å². The van der Waals surface area contributed by atoms with Crippen molar-refractivity contribution in [2.24, 2.45) is 5.73 Å². The van der Waals surface area contributed by atoms with Crippen LogP contribution in [0.5, 0.6) is 5.75 Å². The molecular formula is C13H12N3O2. The van der Waals surface area contributed by atoms with Crippen molar-refractivity contribution in [3.05, 3.63) is 42.4 Å². The predicted molar refractivity (Wildman–Crippen MR) is 66.0 cm³/mol. The summed E-state index contributed by atoms with van der Waals surface area (Å²) in [4.78, 5) is 18.8. The van der Waals surface area contributed by atoms with Gasteiger partial charge in [0.15, 0.2) is 0 Å². The Labute approximate surface area is 105 Å². The molecule has 0 atom stereocenters. The van der Waals surface area contributed by atoms with Gasteiger partial charge in [0.25, 0.3) is 5.91 Å². The third-order valence-corrected chi connectivity index (χ3v) is 2.28. The van der Waals surface area contributed by atoms with Gasteiger partial charge in [-0.2, -0.15) is 0 Å². The Balaban J connectivity index is 2.48. The molecule has 18 heavy (non-hydrogen) atoms. The molecule has 5 heteroatoms. The van der Waals surface area contributed by atoms with E-state index in [0.29, 0.717) is 18.1 Å². The smallest absolute Gasteiger partial charge is 0.286 e. The Morgan fingerprint density at radius 2 is 2.22 bits per heavy atom. The van der Waals surface area contributed by atoms with E-state index in [0.717, 1.165) is 5.56 Å². The number of carbonyl (C=O) groups is 1. The summed E-state index contributed by atoms with van der Waals surface area (Å²) in [5.41, 5.74) is 6.48. The van der Waals surface area contributed by atoms with Crippen LogP contribution in [-0.4, -0.2) is 22.5 Å². The molecule has 2 rings (SSSR count). The number of nitrogens with zero attached hydrogens (tertiary/aromatic N) is 2. The lowest BCUT2D eigenvalue weighted by atomic mass is 10.1. The number of amides is 1. The van der Waals surface area contributed by atoms with Crippen molar-refractivity contribution < 1.29 is 9.53 Å². The Hall–Kier alpha value is -2.43. The van der Waals surface area contributed by atoms with Crippen LogP contribution in [0.4, 0.5) is 0 Å². The van der Waals surface area contributed by atoms with E-state index < -0.39 is 5.91 Å². The van der Waals surface area contributed by atoms with Gasteiger partial charge in [-0.25, -0.2) is 9.97 Å². The van der Waals surface area contributed by atoms with Gasteiger partial charge in [-0.3, -0.25) is 4.79 Å². The summed E-state index contributed by atoms with van der Waals surface area (Å²) in [5.74, 6) is -0.0386. The normalized spacial score (nSPS) is 10.1. The maximum atomic E-state index is 11.0. The van der Waals surface area contributed by atoms with Crippen LogP contribution in [0, 0.1) is 6.20 Å². The summed E-state index contributed by atoms with van der Waals surface area (Å²) < 4.78 is 5.50. The molecule has 1 aromatic carbocycles. The quantitative estimate of drug-likeness (QED) is 0.879. The highest BCUT2D eigenvalue weighted by atomic mass is 16.5. The summed E-state index contributed by atoms with van der Waals surface area (Å²) in [6.07, 6.45) is 2.61. The highest BCUT2D eigenvalue weighted by Gasteiger charge is 2.10. The molecule has 0 saturated carbocycles. The van der Waals surface area contributed by atoms with Crippen molar-refractivity contribution >= 4 is 5.91 Å². The summed E-state index contributed by atoms with van der Waals surface area (Å²) in [7, 11) is 0. The maximum Gasteiger partial charge on any atom is 0.286 e. The summed E-state index contributed by atoms with van der Waals surface area (Å²) in [6.45, 7) is 2.45. The third-order valence-electron chi connectivity index (χ3n) is 2.28. The van der Waals surface area contributed by atoms with Crippen molar-refractivity contribution in [1.82, 2.24) is 9.97 Å². The number of benzene rings is 1. The van der Waals surface area contributed by atoms with E-state index in [1.165, 1.54) is 0 Å². The molecule has 0 unspecified atom stereocenters. The van der Waals surface area contributed by atoms with Gasteiger partial charge >= 0.3 is 0 Å². The topological polar surface area (TPSA) is 78.1 Å². The predicted octanol–water partition coefficient (Wildman–Crippen LogP) is 1.44. The molecule has 2 N–H and O–H groups in total. The molecule has 0 spiro atoms. The first-order valence-corrected chi connectivity index (χ1v) is 5.49. The van der Waals surface area contributed by atoms with Crippen molar-refractivity contribution in [3.63, 3.8) is 0 Å². The summed E-state index contributed by atoms with van der Waals surface area (Å²) >= 11 is 0. The largest absolute Gasteiger partial charge is 0.493 e. The maximum absolute atomic E-state index is 11.0. The average Bonchev–Trinajstić information content (AvgIpc) is 2.40. The summed E-state index contributed by atoms with van der Waals surface area (Å²) in [5, 5.41) is 0. The molecule has 0 aliphatic rings. The lowest BCUT2D eigenvalue weighted by Crippen LogP contribution is -2.15. The van der Waals surface area contributed by atoms with Crippen LogP contribution in [0.1, 0.15) is 17.5 Å². The zero-order valence-electron chi connectivity index (χ0n) is 9.88. The molecule has 1 aromatic heterocycles. The van der Waals surface area contributed by atoms with Gasteiger partial charge in [-0.1, -0.05) is 12.1 Å². The third kappa shape index (κ3) is 2.45. The number of aromatic nitrogens is 2. The SMILES string of the molecule is CCOc1ccccc1-c1c[c]nc(C(N)=O)n1. The van der Waals surface area contributed by atoms with Gasteiger partial charge < -0.3 is 10.5 Å². The Kier molecular flexibility index (Phi) is 3.52. The standard InChI is InChI=1S/C13H12N3O2/c1-2-18-11-6-4-3-5-9(11)10-7-8-15-13(16-10)12(14)17/h3-7H,2H2,1H3,(H2,14,17). The van der Waals surface area contributed by atoms with Crippen LogP contribution in [-0.2, 0) is 0 Å². The molecule has 0 aliphatic heterocycles. The van der Waals surface area contributed by atoms with Gasteiger partial charge in [0.1, 0.15) is 5.75 Å². The Bertz CT molecular complexity index is 570. The van der Waals surface area contributed by atoms with E-state index in [9.17, 15) is 4.79 Å². The van der Waals surface area contributed by atoms with Crippen molar-refractivity contribution in [1.29, 1.82) is 0 Å². The van der Waals surface area contributed by atoms with E-state index in [-0.39, 0.29) is 5.82 Å². The minimum atomic E-state index is -0.679. The van der Waals surface area contributed by atoms with Gasteiger partial charge in [-0.15, -0.1) is 0 Å². The zero-order chi connectivity index (χ0) is 13.0. The lowest BCUT2D eigenvalue weighted by Gasteiger charge is -2.09. The molecule has 1 radical (unpaired) electrons. The number of carbonyl (C=O) groups excluding carboxylic acids is 1. The first-order valence-electron chi connectivity index (χ1n) is 5.49. The number of hydrogen-bond donors (Lipinski definition) is 1. The fourth-order valence-electron chi connectivity index (χ4n) is 1.53. The van der Waals surface area contributed by atoms with Crippen LogP contribution >= 0.6 is 0 Å². The monoisotopic (exact) mass is 242 g/mol. The van der Waals surface area contributed by atoms with Gasteiger partial charge in [-0.05, 0) is 25.1 Å². The fourth-order valence-corrected chi connectivity index (χ4v) is 1.53. The van der Waals surface area contributed by atoms with Gasteiger partial charge in [0, 0.05) is 5.56 Å². The average molecular weight is 242 g/mol. The second kappa shape index (κ2) is 5.27. The van der Waals surface area contributed by atoms with E-state index in [1.807, 2.05) is 31.2 Å². The number of primary amides is 1. The Morgan fingerprint density at radius 3 is 2.94 bits per heavy atom. The van der Waals surface area contributed by atoms with Gasteiger partial charge in [0.2, 0.25) is 5.82 Å². The number of nitrogens with two attached hydrogens (primary N) is 1. The second-order valence-corrected chi connectivity index (χ2v) is 3.50. The zero-order valence-corrected chi connectivity index (χ0v) is 9.88. The fraction of sp³-hybridized carbons (Fsp3) is 0.154. The molecule has 5 nitrogen and oxygen atoms in total. The first kappa shape index (κ1) is 12.0. The van der Waals surface area contributed by atoms with Crippen LogP contribution in [0.15, 0.2) is 30.3 Å². The Morgan fingerprint density at radius 1 is 1.44 bits per heavy atom. The lowest BCUT2D eigenvalue weighted by molar-refractivity contribution is 0.0990. The molecular weight excluding hydrogens is 230 g/mol. The second-order valence-electron chi connectivity index (χ2n) is 3.50. The molecule has 91 valence electrons. The number of para-hydroxylation sites is 1. The highest BCUT2D eigenvalue weighted by molar-refractivity contribution is 5.89. The van der Waals surface area contributed by atoms with Crippen molar-refractivity contribution in [2.45, 2.75) is 6.92 Å². The van der Waals surface area contributed by atoms with Gasteiger partial charge in [0.05, 0.1) is 18.5 Å². The number of ether oxygens (including phenoxy) is 1. The minimum absolute atomic E-state index is 0.0567. The van der Waals surface area contributed by atoms with Crippen molar-refractivity contribution in [3.8, 4) is 17.0 Å². The van der Waals surface area contributed by atoms with E-state index in [2.05, 4.69) is 16.2 Å². The minimum Gasteiger partial charge on any atom is -0.493 e. The molecule has 0 fully saturated rings. The van der Waals surface area contributed by atoms with Crippen LogP contribution in [0.3, 0.4) is 0 Å². The molecule has 2 aromatic rings. The molecule has 0 bridgehead atoms. The molecule has 0 saturated heterocycles. The first-order chi connectivity index (χ1) is 8.72. The van der Waals surface area contributed by atoms with E-state index >= 15 is 0 Å². The highest BCUT2D eigenvalue weighted by Crippen LogP contribution is 2.27. The van der Waals surface area contributed by atoms with Crippen molar-refractivity contribution in [2.75, 3.05) is 6.61 Å². The summed E-state index contributed by atoms with van der Waals surface area (Å²) in [6, 6.07) is 9.01. The van der Waals surface area contributed by atoms with Crippen LogP contribution in [0.25, 0.3) is 11.3 Å². The number of rotatable bonds is 4. The molecule has 1 heterocycles. The van der Waals surface area contributed by atoms with E-state index in [4.69, 9.17) is 10.5 Å². The molecule has 1 amide bonds. The van der Waals surface area contributed by atoms with Crippen LogP contribution < -0.4 is 10.5 Å². The van der Waals surface area contributed by atoms with Crippen LogP contribution in [0.2, 0.25) is 0 Å².